The number of hydrogen-bond acceptors (Lipinski definition) is 12. The molecule has 46 heavy (non-hydrogen) atoms. The number of rotatable bonds is 9. The molecule has 2 aliphatic rings. The molecule has 4 aromatic rings. The highest BCUT2D eigenvalue weighted by Gasteiger charge is 2.40. The van der Waals surface area contributed by atoms with Gasteiger partial charge < -0.3 is 18.9 Å². The zero-order chi connectivity index (χ0) is 32.4. The molecule has 1 saturated heterocycles. The lowest BCUT2D eigenvalue weighted by atomic mass is 10.1. The minimum absolute atomic E-state index is 0.0258. The largest absolute Gasteiger partial charge is 0.475 e. The van der Waals surface area contributed by atoms with Crippen molar-refractivity contribution in [2.24, 2.45) is 0 Å². The van der Waals surface area contributed by atoms with E-state index < -0.39 is 42.3 Å². The van der Waals surface area contributed by atoms with Gasteiger partial charge in [-0.2, -0.15) is 15.2 Å². The summed E-state index contributed by atoms with van der Waals surface area (Å²) in [4.78, 5) is 64.6. The molecule has 1 N–H and O–H groups in total. The number of aromatic nitrogens is 4. The lowest BCUT2D eigenvalue weighted by Gasteiger charge is -2.17. The van der Waals surface area contributed by atoms with E-state index in [4.69, 9.17) is 24.2 Å². The molecule has 0 bridgehead atoms. The number of nitriles is 1. The van der Waals surface area contributed by atoms with Crippen LogP contribution in [0.3, 0.4) is 0 Å². The number of benzene rings is 2. The summed E-state index contributed by atoms with van der Waals surface area (Å²) < 4.78 is 24.7. The summed E-state index contributed by atoms with van der Waals surface area (Å²) in [6.45, 7) is 1.91. The van der Waals surface area contributed by atoms with Crippen molar-refractivity contribution in [3.8, 4) is 17.7 Å². The molecule has 3 amide bonds. The van der Waals surface area contributed by atoms with Crippen LogP contribution in [0, 0.1) is 11.3 Å². The van der Waals surface area contributed by atoms with Crippen molar-refractivity contribution >= 4 is 41.0 Å². The zero-order valence-electron chi connectivity index (χ0n) is 24.7. The molecule has 0 aliphatic carbocycles. The Morgan fingerprint density at radius 3 is 2.65 bits per heavy atom. The van der Waals surface area contributed by atoms with Crippen LogP contribution >= 0.6 is 0 Å². The van der Waals surface area contributed by atoms with Crippen LogP contribution in [0.4, 0.5) is 10.7 Å². The molecule has 2 aliphatic heterocycles. The maximum absolute atomic E-state index is 13.2. The van der Waals surface area contributed by atoms with Crippen LogP contribution in [0.25, 0.3) is 11.2 Å². The third-order valence-corrected chi connectivity index (χ3v) is 7.49. The summed E-state index contributed by atoms with van der Waals surface area (Å²) in [6, 6.07) is 14.7. The summed E-state index contributed by atoms with van der Waals surface area (Å²) in [6.07, 6.45) is -0.350. The van der Waals surface area contributed by atoms with Crippen LogP contribution in [0.5, 0.6) is 11.6 Å². The van der Waals surface area contributed by atoms with Crippen LogP contribution in [0.1, 0.15) is 63.5 Å². The Morgan fingerprint density at radius 1 is 1.11 bits per heavy atom. The van der Waals surface area contributed by atoms with E-state index in [0.29, 0.717) is 12.2 Å². The van der Waals surface area contributed by atoms with Crippen LogP contribution < -0.4 is 14.8 Å². The Bertz CT molecular complexity index is 1890. The summed E-state index contributed by atoms with van der Waals surface area (Å²) in [7, 11) is 1.38. The van der Waals surface area contributed by atoms with Gasteiger partial charge in [0.25, 0.3) is 11.8 Å². The summed E-state index contributed by atoms with van der Waals surface area (Å²) in [5.74, 6) is -1.37. The quantitative estimate of drug-likeness (QED) is 0.161. The molecule has 0 saturated carbocycles. The molecule has 15 heteroatoms. The van der Waals surface area contributed by atoms with Gasteiger partial charge in [0.05, 0.1) is 41.6 Å². The average Bonchev–Trinajstić information content (AvgIpc) is 3.72. The number of esters is 1. The minimum atomic E-state index is -0.834. The molecule has 234 valence electrons. The number of amides is 3. The molecule has 0 spiro atoms. The van der Waals surface area contributed by atoms with Crippen molar-refractivity contribution in [1.82, 2.24) is 24.4 Å². The van der Waals surface area contributed by atoms with E-state index in [-0.39, 0.29) is 59.1 Å². The first-order valence-corrected chi connectivity index (χ1v) is 14.4. The SMILES string of the molecule is CC[C@H]1O[C@@H](n2cnc3c(OCCC#N)nc(NC(=O)Oc4ccccc4)nc32)C[C@H]1OC(=O)c1ccc2c(c1)C(=O)N(C)C2=O. The highest BCUT2D eigenvalue weighted by atomic mass is 16.6. The van der Waals surface area contributed by atoms with Gasteiger partial charge in [-0.1, -0.05) is 25.1 Å². The molecular weight excluding hydrogens is 598 g/mol. The maximum Gasteiger partial charge on any atom is 0.419 e. The fourth-order valence-electron chi connectivity index (χ4n) is 5.22. The first-order chi connectivity index (χ1) is 22.3. The molecule has 4 heterocycles. The Morgan fingerprint density at radius 2 is 1.89 bits per heavy atom. The van der Waals surface area contributed by atoms with Crippen LogP contribution in [0.15, 0.2) is 54.9 Å². The molecule has 3 atom stereocenters. The Hall–Kier alpha value is -5.88. The molecule has 2 aromatic carbocycles. The van der Waals surface area contributed by atoms with Crippen LogP contribution in [0.2, 0.25) is 0 Å². The number of para-hydroxylation sites is 1. The number of carbonyl (C=O) groups is 4. The third kappa shape index (κ3) is 5.81. The van der Waals surface area contributed by atoms with E-state index in [2.05, 4.69) is 20.3 Å². The van der Waals surface area contributed by atoms with E-state index in [9.17, 15) is 19.2 Å². The Kier molecular flexibility index (Phi) is 8.27. The van der Waals surface area contributed by atoms with E-state index in [1.165, 1.54) is 31.6 Å². The van der Waals surface area contributed by atoms with Gasteiger partial charge in [0.2, 0.25) is 11.8 Å². The van der Waals surface area contributed by atoms with Gasteiger partial charge in [-0.3, -0.25) is 24.4 Å². The number of carbonyl (C=O) groups excluding carboxylic acids is 4. The van der Waals surface area contributed by atoms with Gasteiger partial charge in [0, 0.05) is 13.5 Å². The van der Waals surface area contributed by atoms with Crippen molar-refractivity contribution in [2.75, 3.05) is 19.0 Å². The molecule has 2 aromatic heterocycles. The molecular formula is C31H27N7O8. The molecule has 15 nitrogen and oxygen atoms in total. The second-order valence-corrected chi connectivity index (χ2v) is 10.4. The third-order valence-electron chi connectivity index (χ3n) is 7.49. The number of fused-ring (bicyclic) bond motifs is 2. The lowest BCUT2D eigenvalue weighted by molar-refractivity contribution is -0.0285. The standard InChI is InChI=1S/C31H27N7O8/c1-3-21-22(46-29(41)17-10-11-19-20(14-17)28(40)37(2)27(19)39)15-23(45-21)38-16-33-24-25(38)34-30(35-26(24)43-13-7-12-32)36-31(42)44-18-8-5-4-6-9-18/h4-6,8-11,14,16,21-23H,3,7,13,15H2,1-2H3,(H,34,35,36,42)/t21-,22-,23-/m1/s1. The highest BCUT2D eigenvalue weighted by Crippen LogP contribution is 2.36. The minimum Gasteiger partial charge on any atom is -0.475 e. The number of imidazole rings is 1. The van der Waals surface area contributed by atoms with Crippen molar-refractivity contribution < 1.29 is 38.1 Å². The van der Waals surface area contributed by atoms with Crippen molar-refractivity contribution in [2.45, 2.75) is 44.6 Å². The van der Waals surface area contributed by atoms with Gasteiger partial charge in [-0.25, -0.2) is 14.6 Å². The van der Waals surface area contributed by atoms with Gasteiger partial charge >= 0.3 is 12.1 Å². The van der Waals surface area contributed by atoms with Gasteiger partial charge in [-0.05, 0) is 36.8 Å². The zero-order valence-corrected chi connectivity index (χ0v) is 24.7. The number of nitrogens with zero attached hydrogens (tertiary/aromatic N) is 6. The predicted molar refractivity (Wildman–Crippen MR) is 158 cm³/mol. The first kappa shape index (κ1) is 30.2. The van der Waals surface area contributed by atoms with Gasteiger partial charge in [-0.15, -0.1) is 0 Å². The first-order valence-electron chi connectivity index (χ1n) is 14.4. The summed E-state index contributed by atoms with van der Waals surface area (Å²) >= 11 is 0. The van der Waals surface area contributed by atoms with Crippen LogP contribution in [-0.2, 0) is 9.47 Å². The molecule has 0 unspecified atom stereocenters. The number of nitrogens with one attached hydrogen (secondary N) is 1. The summed E-state index contributed by atoms with van der Waals surface area (Å²) in [5, 5.41) is 11.5. The van der Waals surface area contributed by atoms with E-state index in [0.717, 1.165) is 4.90 Å². The smallest absolute Gasteiger partial charge is 0.419 e. The highest BCUT2D eigenvalue weighted by molar-refractivity contribution is 6.21. The van der Waals surface area contributed by atoms with Crippen molar-refractivity contribution in [3.05, 3.63) is 71.5 Å². The second-order valence-electron chi connectivity index (χ2n) is 10.4. The lowest BCUT2D eigenvalue weighted by Crippen LogP contribution is -2.26. The number of hydrogen-bond donors (Lipinski definition) is 1. The Labute approximate surface area is 261 Å². The normalized spacial score (nSPS) is 18.7. The van der Waals surface area contributed by atoms with E-state index >= 15 is 0 Å². The molecule has 0 radical (unpaired) electrons. The summed E-state index contributed by atoms with van der Waals surface area (Å²) in [5.41, 5.74) is 1.02. The molecule has 1 fully saturated rings. The van der Waals surface area contributed by atoms with E-state index in [1.807, 2.05) is 13.0 Å². The van der Waals surface area contributed by atoms with Crippen LogP contribution in [-0.4, -0.2) is 74.2 Å². The van der Waals surface area contributed by atoms with E-state index in [1.54, 1.807) is 34.9 Å². The number of imide groups is 1. The van der Waals surface area contributed by atoms with Gasteiger partial charge in [0.15, 0.2) is 11.2 Å². The Balaban J connectivity index is 1.23. The average molecular weight is 626 g/mol. The van der Waals surface area contributed by atoms with Gasteiger partial charge in [0.1, 0.15) is 24.7 Å². The fraction of sp³-hybridized carbons (Fsp3) is 0.290. The number of ether oxygens (including phenoxy) is 4. The maximum atomic E-state index is 13.2. The topological polar surface area (TPSA) is 188 Å². The molecule has 6 rings (SSSR count). The van der Waals surface area contributed by atoms with Crippen molar-refractivity contribution in [3.63, 3.8) is 0 Å². The number of anilines is 1. The van der Waals surface area contributed by atoms with Crippen molar-refractivity contribution in [1.29, 1.82) is 5.26 Å². The predicted octanol–water partition coefficient (Wildman–Crippen LogP) is 3.88. The monoisotopic (exact) mass is 625 g/mol. The second kappa shape index (κ2) is 12.6. The fourth-order valence-corrected chi connectivity index (χ4v) is 5.22.